The van der Waals surface area contributed by atoms with Crippen LogP contribution in [0, 0.1) is 9.39 Å². The first-order valence-electron chi connectivity index (χ1n) is 3.20. The number of rotatable bonds is 1. The molecule has 0 saturated heterocycles. The molecule has 0 unspecified atom stereocenters. The minimum atomic E-state index is -4.82. The Labute approximate surface area is 98.7 Å². The van der Waals surface area contributed by atoms with Gasteiger partial charge in [-0.25, -0.2) is 4.39 Å². The SMILES string of the molecule is Fc1ccc(Br)c(OC(F)(F)F)c1I. The van der Waals surface area contributed by atoms with Crippen molar-refractivity contribution in [1.82, 2.24) is 0 Å². The summed E-state index contributed by atoms with van der Waals surface area (Å²) < 4.78 is 51.9. The average Bonchev–Trinajstić information content (AvgIpc) is 2.04. The van der Waals surface area contributed by atoms with Crippen LogP contribution in [0.4, 0.5) is 17.6 Å². The molecule has 0 spiro atoms. The molecule has 0 amide bonds. The van der Waals surface area contributed by atoms with E-state index in [4.69, 9.17) is 0 Å². The van der Waals surface area contributed by atoms with Crippen molar-refractivity contribution >= 4 is 38.5 Å². The normalized spacial score (nSPS) is 11.6. The lowest BCUT2D eigenvalue weighted by Gasteiger charge is -2.12. The van der Waals surface area contributed by atoms with Crippen LogP contribution < -0.4 is 4.74 Å². The maximum Gasteiger partial charge on any atom is 0.573 e. The van der Waals surface area contributed by atoms with Crippen LogP contribution in [0.2, 0.25) is 0 Å². The summed E-state index contributed by atoms with van der Waals surface area (Å²) in [5, 5.41) is 0. The second-order valence-electron chi connectivity index (χ2n) is 2.22. The quantitative estimate of drug-likeness (QED) is 0.402. The Hall–Kier alpha value is -0.0500. The minimum Gasteiger partial charge on any atom is -0.403 e. The fourth-order valence-corrected chi connectivity index (χ4v) is 2.08. The van der Waals surface area contributed by atoms with Crippen LogP contribution in [0.1, 0.15) is 0 Å². The number of ether oxygens (including phenoxy) is 1. The Bertz CT molecular complexity index is 352. The second-order valence-corrected chi connectivity index (χ2v) is 4.15. The smallest absolute Gasteiger partial charge is 0.403 e. The maximum absolute atomic E-state index is 12.9. The van der Waals surface area contributed by atoms with E-state index in [-0.39, 0.29) is 8.04 Å². The van der Waals surface area contributed by atoms with E-state index in [9.17, 15) is 17.6 Å². The summed E-state index contributed by atoms with van der Waals surface area (Å²) in [6.45, 7) is 0. The molecule has 1 aromatic carbocycles. The lowest BCUT2D eigenvalue weighted by atomic mass is 10.3. The summed E-state index contributed by atoms with van der Waals surface area (Å²) in [5.74, 6) is -1.31. The number of benzene rings is 1. The van der Waals surface area contributed by atoms with Gasteiger partial charge in [-0.3, -0.25) is 0 Å². The third kappa shape index (κ3) is 2.97. The van der Waals surface area contributed by atoms with Crippen molar-refractivity contribution in [3.8, 4) is 5.75 Å². The highest BCUT2D eigenvalue weighted by atomic mass is 127. The van der Waals surface area contributed by atoms with Gasteiger partial charge in [0.05, 0.1) is 8.04 Å². The molecule has 0 aliphatic carbocycles. The van der Waals surface area contributed by atoms with Crippen molar-refractivity contribution in [3.63, 3.8) is 0 Å². The van der Waals surface area contributed by atoms with E-state index < -0.39 is 17.9 Å². The summed E-state index contributed by atoms with van der Waals surface area (Å²) in [6, 6.07) is 2.20. The summed E-state index contributed by atoms with van der Waals surface area (Å²) in [4.78, 5) is 0. The monoisotopic (exact) mass is 384 g/mol. The maximum atomic E-state index is 12.9. The van der Waals surface area contributed by atoms with Crippen LogP contribution in [0.15, 0.2) is 16.6 Å². The highest BCUT2D eigenvalue weighted by Gasteiger charge is 2.33. The van der Waals surface area contributed by atoms with Gasteiger partial charge < -0.3 is 4.74 Å². The van der Waals surface area contributed by atoms with Gasteiger partial charge >= 0.3 is 6.36 Å². The van der Waals surface area contributed by atoms with Gasteiger partial charge in [-0.15, -0.1) is 13.2 Å². The Morgan fingerprint density at radius 2 is 1.86 bits per heavy atom. The van der Waals surface area contributed by atoms with Crippen molar-refractivity contribution in [2.75, 3.05) is 0 Å². The van der Waals surface area contributed by atoms with Gasteiger partial charge in [0.2, 0.25) is 0 Å². The molecule has 0 radical (unpaired) electrons. The van der Waals surface area contributed by atoms with E-state index in [1.54, 1.807) is 0 Å². The van der Waals surface area contributed by atoms with E-state index in [0.29, 0.717) is 0 Å². The van der Waals surface area contributed by atoms with E-state index >= 15 is 0 Å². The molecule has 0 fully saturated rings. The zero-order valence-corrected chi connectivity index (χ0v) is 10.1. The summed E-state index contributed by atoms with van der Waals surface area (Å²) in [7, 11) is 0. The zero-order chi connectivity index (χ0) is 10.9. The highest BCUT2D eigenvalue weighted by Crippen LogP contribution is 2.35. The Morgan fingerprint density at radius 3 is 2.36 bits per heavy atom. The Morgan fingerprint density at radius 1 is 1.29 bits per heavy atom. The zero-order valence-electron chi connectivity index (χ0n) is 6.33. The molecular weight excluding hydrogens is 383 g/mol. The van der Waals surface area contributed by atoms with Crippen molar-refractivity contribution in [3.05, 3.63) is 26.0 Å². The van der Waals surface area contributed by atoms with Gasteiger partial charge in [0, 0.05) is 0 Å². The van der Waals surface area contributed by atoms with Gasteiger partial charge in [0.25, 0.3) is 0 Å². The molecule has 1 aromatic rings. The standard InChI is InChI=1S/C7H2BrF4IO/c8-3-1-2-4(9)5(13)6(3)14-7(10,11)12/h1-2H. The molecular formula is C7H2BrF4IO. The summed E-state index contributed by atoms with van der Waals surface area (Å²) >= 11 is 4.28. The molecule has 0 aliphatic rings. The number of hydrogen-bond donors (Lipinski definition) is 0. The van der Waals surface area contributed by atoms with Crippen molar-refractivity contribution in [2.24, 2.45) is 0 Å². The predicted molar refractivity (Wildman–Crippen MR) is 53.5 cm³/mol. The first-order chi connectivity index (χ1) is 6.31. The third-order valence-corrected chi connectivity index (χ3v) is 2.85. The van der Waals surface area contributed by atoms with Gasteiger partial charge in [-0.2, -0.15) is 0 Å². The minimum absolute atomic E-state index is 0.0561. The molecule has 14 heavy (non-hydrogen) atoms. The van der Waals surface area contributed by atoms with Crippen LogP contribution in [-0.4, -0.2) is 6.36 Å². The fourth-order valence-electron chi connectivity index (χ4n) is 0.718. The van der Waals surface area contributed by atoms with E-state index in [2.05, 4.69) is 20.7 Å². The van der Waals surface area contributed by atoms with Crippen molar-refractivity contribution in [2.45, 2.75) is 6.36 Å². The van der Waals surface area contributed by atoms with Crippen LogP contribution in [-0.2, 0) is 0 Å². The molecule has 0 aromatic heterocycles. The topological polar surface area (TPSA) is 9.23 Å². The molecule has 0 atom stereocenters. The van der Waals surface area contributed by atoms with Crippen LogP contribution in [0.3, 0.4) is 0 Å². The lowest BCUT2D eigenvalue weighted by Crippen LogP contribution is -2.18. The lowest BCUT2D eigenvalue weighted by molar-refractivity contribution is -0.275. The molecule has 0 heterocycles. The fraction of sp³-hybridized carbons (Fsp3) is 0.143. The molecule has 7 heteroatoms. The average molecular weight is 385 g/mol. The highest BCUT2D eigenvalue weighted by molar-refractivity contribution is 14.1. The number of alkyl halides is 3. The third-order valence-electron chi connectivity index (χ3n) is 1.22. The summed E-state index contributed by atoms with van der Waals surface area (Å²) in [6.07, 6.45) is -4.82. The van der Waals surface area contributed by atoms with E-state index in [1.807, 2.05) is 0 Å². The first-order valence-corrected chi connectivity index (χ1v) is 5.07. The summed E-state index contributed by atoms with van der Waals surface area (Å²) in [5.41, 5.74) is 0. The van der Waals surface area contributed by atoms with Gasteiger partial charge in [-0.1, -0.05) is 0 Å². The first kappa shape index (κ1) is 12.0. The van der Waals surface area contributed by atoms with Gasteiger partial charge in [0.15, 0.2) is 5.75 Å². The molecule has 1 rings (SSSR count). The van der Waals surface area contributed by atoms with E-state index in [1.165, 1.54) is 22.6 Å². The number of hydrogen-bond acceptors (Lipinski definition) is 1. The molecule has 0 N–H and O–H groups in total. The second kappa shape index (κ2) is 4.21. The Balaban J connectivity index is 3.13. The molecule has 78 valence electrons. The molecule has 0 bridgehead atoms. The largest absolute Gasteiger partial charge is 0.573 e. The number of halogens is 6. The van der Waals surface area contributed by atoms with Crippen molar-refractivity contribution < 1.29 is 22.3 Å². The van der Waals surface area contributed by atoms with Crippen LogP contribution in [0.25, 0.3) is 0 Å². The molecule has 1 nitrogen and oxygen atoms in total. The van der Waals surface area contributed by atoms with Gasteiger partial charge in [-0.05, 0) is 50.7 Å². The van der Waals surface area contributed by atoms with Gasteiger partial charge in [0.1, 0.15) is 5.82 Å². The van der Waals surface area contributed by atoms with Crippen molar-refractivity contribution in [1.29, 1.82) is 0 Å². The Kier molecular flexibility index (Phi) is 3.62. The predicted octanol–water partition coefficient (Wildman–Crippen LogP) is 4.09. The van der Waals surface area contributed by atoms with Crippen LogP contribution in [0.5, 0.6) is 5.75 Å². The van der Waals surface area contributed by atoms with E-state index in [0.717, 1.165) is 12.1 Å². The molecule has 0 aliphatic heterocycles. The van der Waals surface area contributed by atoms with Crippen LogP contribution >= 0.6 is 38.5 Å². The molecule has 0 saturated carbocycles.